The third kappa shape index (κ3) is 5.83. The van der Waals surface area contributed by atoms with E-state index in [1.807, 2.05) is 42.2 Å². The number of rotatable bonds is 7. The van der Waals surface area contributed by atoms with Crippen molar-refractivity contribution in [2.24, 2.45) is 0 Å². The highest BCUT2D eigenvalue weighted by Crippen LogP contribution is 2.24. The van der Waals surface area contributed by atoms with E-state index in [-0.39, 0.29) is 29.7 Å². The van der Waals surface area contributed by atoms with Gasteiger partial charge in [-0.1, -0.05) is 43.3 Å². The number of amides is 3. The highest BCUT2D eigenvalue weighted by molar-refractivity contribution is 5.98. The number of anilines is 1. The van der Waals surface area contributed by atoms with Gasteiger partial charge in [-0.15, -0.1) is 0 Å². The minimum absolute atomic E-state index is 0.0125. The molecule has 0 aromatic heterocycles. The second kappa shape index (κ2) is 11.3. The smallest absolute Gasteiger partial charge is 0.253 e. The maximum atomic E-state index is 13.1. The van der Waals surface area contributed by atoms with Crippen LogP contribution >= 0.6 is 0 Å². The maximum absolute atomic E-state index is 13.1. The average Bonchev–Trinajstić information content (AvgIpc) is 3.41. The highest BCUT2D eigenvalue weighted by Gasteiger charge is 2.29. The molecule has 0 aliphatic carbocycles. The number of hydrogen-bond acceptors (Lipinski definition) is 4. The number of carbonyl (C=O) groups excluding carboxylic acids is 3. The van der Waals surface area contributed by atoms with E-state index >= 15 is 0 Å². The van der Waals surface area contributed by atoms with Gasteiger partial charge in [0.25, 0.3) is 11.8 Å². The number of benzene rings is 2. The summed E-state index contributed by atoms with van der Waals surface area (Å²) in [5.41, 5.74) is 2.13. The summed E-state index contributed by atoms with van der Waals surface area (Å²) in [5.74, 6) is -0.310. The summed E-state index contributed by atoms with van der Waals surface area (Å²) in [5, 5.41) is 5.93. The van der Waals surface area contributed by atoms with Crippen LogP contribution in [0.25, 0.3) is 0 Å². The summed E-state index contributed by atoms with van der Waals surface area (Å²) >= 11 is 0. The van der Waals surface area contributed by atoms with E-state index in [4.69, 9.17) is 4.74 Å². The monoisotopic (exact) mass is 463 g/mol. The number of ether oxygens (including phenoxy) is 1. The Labute approximate surface area is 200 Å². The number of nitrogens with zero attached hydrogens (tertiary/aromatic N) is 1. The largest absolute Gasteiger partial charge is 0.368 e. The second-order valence-corrected chi connectivity index (χ2v) is 9.02. The summed E-state index contributed by atoms with van der Waals surface area (Å²) < 4.78 is 5.42. The van der Waals surface area contributed by atoms with E-state index in [2.05, 4.69) is 10.6 Å². The molecule has 7 heteroatoms. The Morgan fingerprint density at radius 1 is 1.03 bits per heavy atom. The number of piperidine rings is 1. The van der Waals surface area contributed by atoms with E-state index in [9.17, 15) is 14.4 Å². The molecule has 2 aliphatic heterocycles. The molecule has 2 atom stereocenters. The van der Waals surface area contributed by atoms with Crippen molar-refractivity contribution in [2.75, 3.05) is 25.0 Å². The van der Waals surface area contributed by atoms with Crippen molar-refractivity contribution in [1.29, 1.82) is 0 Å². The molecule has 2 unspecified atom stereocenters. The van der Waals surface area contributed by atoms with Crippen LogP contribution in [0.3, 0.4) is 0 Å². The quantitative estimate of drug-likeness (QED) is 0.655. The topological polar surface area (TPSA) is 87.7 Å². The third-order valence-electron chi connectivity index (χ3n) is 6.66. The predicted molar refractivity (Wildman–Crippen MR) is 131 cm³/mol. The van der Waals surface area contributed by atoms with E-state index in [0.717, 1.165) is 37.7 Å². The lowest BCUT2D eigenvalue weighted by Crippen LogP contribution is -2.47. The molecule has 0 radical (unpaired) electrons. The normalized spacial score (nSPS) is 19.4. The van der Waals surface area contributed by atoms with E-state index in [0.29, 0.717) is 30.9 Å². The van der Waals surface area contributed by atoms with Gasteiger partial charge in [-0.2, -0.15) is 0 Å². The predicted octanol–water partition coefficient (Wildman–Crippen LogP) is 3.72. The lowest BCUT2D eigenvalue weighted by atomic mass is 9.93. The third-order valence-corrected chi connectivity index (χ3v) is 6.66. The van der Waals surface area contributed by atoms with Gasteiger partial charge in [0.15, 0.2) is 0 Å². The van der Waals surface area contributed by atoms with Crippen molar-refractivity contribution in [2.45, 2.75) is 57.1 Å². The summed E-state index contributed by atoms with van der Waals surface area (Å²) in [6.45, 7) is 3.91. The molecule has 0 bridgehead atoms. The van der Waals surface area contributed by atoms with E-state index < -0.39 is 6.10 Å². The maximum Gasteiger partial charge on any atom is 0.253 e. The number of hydrogen-bond donors (Lipinski definition) is 2. The fourth-order valence-electron chi connectivity index (χ4n) is 4.72. The minimum atomic E-state index is -0.417. The molecule has 2 aromatic rings. The first-order chi connectivity index (χ1) is 16.5. The first-order valence-electron chi connectivity index (χ1n) is 12.2. The van der Waals surface area contributed by atoms with Crippen molar-refractivity contribution >= 4 is 23.4 Å². The van der Waals surface area contributed by atoms with Crippen LogP contribution in [0.15, 0.2) is 54.6 Å². The van der Waals surface area contributed by atoms with Crippen molar-refractivity contribution in [3.05, 3.63) is 65.7 Å². The molecule has 3 amide bonds. The molecular weight excluding hydrogens is 430 g/mol. The Morgan fingerprint density at radius 2 is 1.79 bits per heavy atom. The molecule has 2 fully saturated rings. The van der Waals surface area contributed by atoms with Gasteiger partial charge in [-0.25, -0.2) is 0 Å². The first kappa shape index (κ1) is 24.0. The first-order valence-corrected chi connectivity index (χ1v) is 12.2. The Bertz CT molecular complexity index is 996. The molecule has 2 aromatic carbocycles. The lowest BCUT2D eigenvalue weighted by molar-refractivity contribution is -0.134. The Morgan fingerprint density at radius 3 is 2.47 bits per heavy atom. The SMILES string of the molecule is CCC(C(=O)N1CCC(NC(=O)c2cccc(NC(=O)C3CCCO3)c2)CC1)c1ccccc1. The van der Waals surface area contributed by atoms with Crippen LogP contribution in [0.1, 0.15) is 60.9 Å². The molecule has 2 heterocycles. The summed E-state index contributed by atoms with van der Waals surface area (Å²) in [7, 11) is 0. The Balaban J connectivity index is 1.29. The Kier molecular flexibility index (Phi) is 7.95. The zero-order chi connectivity index (χ0) is 23.9. The van der Waals surface area contributed by atoms with Gasteiger partial charge >= 0.3 is 0 Å². The van der Waals surface area contributed by atoms with Gasteiger partial charge < -0.3 is 20.3 Å². The van der Waals surface area contributed by atoms with Crippen molar-refractivity contribution in [3.8, 4) is 0 Å². The van der Waals surface area contributed by atoms with E-state index in [1.165, 1.54) is 0 Å². The number of nitrogens with one attached hydrogen (secondary N) is 2. The summed E-state index contributed by atoms with van der Waals surface area (Å²) in [6, 6.07) is 16.9. The number of likely N-dealkylation sites (tertiary alicyclic amines) is 1. The molecule has 2 N–H and O–H groups in total. The van der Waals surface area contributed by atoms with E-state index in [1.54, 1.807) is 24.3 Å². The van der Waals surface area contributed by atoms with Crippen LogP contribution in [0.4, 0.5) is 5.69 Å². The van der Waals surface area contributed by atoms with Crippen LogP contribution in [-0.2, 0) is 14.3 Å². The molecule has 7 nitrogen and oxygen atoms in total. The molecular formula is C27H33N3O4. The van der Waals surface area contributed by atoms with Gasteiger partial charge in [0.1, 0.15) is 6.10 Å². The van der Waals surface area contributed by atoms with Crippen LogP contribution in [-0.4, -0.2) is 54.5 Å². The zero-order valence-electron chi connectivity index (χ0n) is 19.7. The molecule has 4 rings (SSSR count). The van der Waals surface area contributed by atoms with Crippen LogP contribution in [0.5, 0.6) is 0 Å². The van der Waals surface area contributed by atoms with Crippen molar-refractivity contribution in [1.82, 2.24) is 10.2 Å². The zero-order valence-corrected chi connectivity index (χ0v) is 19.7. The van der Waals surface area contributed by atoms with Crippen molar-refractivity contribution < 1.29 is 19.1 Å². The highest BCUT2D eigenvalue weighted by atomic mass is 16.5. The number of carbonyl (C=O) groups is 3. The van der Waals surface area contributed by atoms with Crippen LogP contribution in [0.2, 0.25) is 0 Å². The van der Waals surface area contributed by atoms with Gasteiger partial charge in [0.05, 0.1) is 5.92 Å². The molecule has 2 aliphatic rings. The summed E-state index contributed by atoms with van der Waals surface area (Å²) in [4.78, 5) is 40.1. The molecule has 180 valence electrons. The average molecular weight is 464 g/mol. The molecule has 34 heavy (non-hydrogen) atoms. The lowest BCUT2D eigenvalue weighted by Gasteiger charge is -2.34. The summed E-state index contributed by atoms with van der Waals surface area (Å²) in [6.07, 6.45) is 3.39. The second-order valence-electron chi connectivity index (χ2n) is 9.02. The fourth-order valence-corrected chi connectivity index (χ4v) is 4.72. The molecule has 2 saturated heterocycles. The molecule has 0 saturated carbocycles. The van der Waals surface area contributed by atoms with Gasteiger partial charge in [-0.3, -0.25) is 14.4 Å². The van der Waals surface area contributed by atoms with Gasteiger partial charge in [0.2, 0.25) is 5.91 Å². The van der Waals surface area contributed by atoms with Crippen LogP contribution < -0.4 is 10.6 Å². The van der Waals surface area contributed by atoms with Gasteiger partial charge in [-0.05, 0) is 55.9 Å². The van der Waals surface area contributed by atoms with Crippen molar-refractivity contribution in [3.63, 3.8) is 0 Å². The fraction of sp³-hybridized carbons (Fsp3) is 0.444. The Hall–Kier alpha value is -3.19. The van der Waals surface area contributed by atoms with Crippen LogP contribution in [0, 0.1) is 0 Å². The minimum Gasteiger partial charge on any atom is -0.368 e. The molecule has 0 spiro atoms. The van der Waals surface area contributed by atoms with Gasteiger partial charge in [0, 0.05) is 37.0 Å². The standard InChI is InChI=1S/C27H33N3O4/c1-2-23(19-8-4-3-5-9-19)27(33)30-15-13-21(14-16-30)28-25(31)20-10-6-11-22(18-20)29-26(32)24-12-7-17-34-24/h3-6,8-11,18,21,23-24H,2,7,12-17H2,1H3,(H,28,31)(H,29,32).